The Morgan fingerprint density at radius 1 is 0.810 bits per heavy atom. The molecule has 1 radical (unpaired) electrons. The summed E-state index contributed by atoms with van der Waals surface area (Å²) in [6.45, 7) is 3.67. The lowest BCUT2D eigenvalue weighted by molar-refractivity contribution is -0.360. The maximum absolute atomic E-state index is 13.0. The van der Waals surface area contributed by atoms with E-state index < -0.39 is 18.0 Å². The first-order valence-electron chi connectivity index (χ1n) is 5.86. The summed E-state index contributed by atoms with van der Waals surface area (Å²) in [6, 6.07) is 11.7. The zero-order chi connectivity index (χ0) is 15.7. The summed E-state index contributed by atoms with van der Waals surface area (Å²) in [6.07, 6.45) is -11.0. The molecular weight excluding hydrogens is 291 g/mol. The average molecular weight is 301 g/mol. The second-order valence-corrected chi connectivity index (χ2v) is 4.31. The molecule has 111 valence electrons. The third-order valence-corrected chi connectivity index (χ3v) is 2.72. The highest BCUT2D eigenvalue weighted by Crippen LogP contribution is 2.40. The van der Waals surface area contributed by atoms with E-state index in [9.17, 15) is 22.0 Å². The van der Waals surface area contributed by atoms with E-state index in [1.165, 1.54) is 18.2 Å². The van der Waals surface area contributed by atoms with Gasteiger partial charge in [0.2, 0.25) is 0 Å². The Morgan fingerprint density at radius 3 is 1.95 bits per heavy atom. The molecule has 1 nitrogen and oxygen atoms in total. The number of halogens is 5. The number of benzene rings is 2. The van der Waals surface area contributed by atoms with E-state index in [0.717, 1.165) is 6.07 Å². The molecule has 0 atom stereocenters. The number of para-hydroxylation sites is 1. The Kier molecular flexibility index (Phi) is 3.89. The molecule has 0 bridgehead atoms. The van der Waals surface area contributed by atoms with Crippen LogP contribution < -0.4 is 4.74 Å². The van der Waals surface area contributed by atoms with Crippen LogP contribution in [0.2, 0.25) is 0 Å². The van der Waals surface area contributed by atoms with Gasteiger partial charge in [-0.3, -0.25) is 0 Å². The van der Waals surface area contributed by atoms with Crippen molar-refractivity contribution >= 4 is 0 Å². The molecule has 6 heteroatoms. The summed E-state index contributed by atoms with van der Waals surface area (Å²) >= 11 is 0. The largest absolute Gasteiger partial charge is 0.499 e. The normalized spacial score (nSPS) is 12.3. The lowest BCUT2D eigenvalue weighted by atomic mass is 10.0. The molecule has 0 N–H and O–H groups in total. The lowest BCUT2D eigenvalue weighted by Crippen LogP contribution is -2.42. The summed E-state index contributed by atoms with van der Waals surface area (Å²) in [7, 11) is 0. The van der Waals surface area contributed by atoms with Gasteiger partial charge in [0.15, 0.2) is 0 Å². The minimum Gasteiger partial charge on any atom is -0.425 e. The van der Waals surface area contributed by atoms with Gasteiger partial charge in [0.25, 0.3) is 0 Å². The van der Waals surface area contributed by atoms with Crippen LogP contribution in [-0.4, -0.2) is 12.3 Å². The predicted octanol–water partition coefficient (Wildman–Crippen LogP) is 5.07. The molecule has 0 aromatic heterocycles. The van der Waals surface area contributed by atoms with Crippen LogP contribution >= 0.6 is 0 Å². The molecule has 0 aliphatic heterocycles. The average Bonchev–Trinajstić information content (AvgIpc) is 2.39. The van der Waals surface area contributed by atoms with Gasteiger partial charge in [0.05, 0.1) is 0 Å². The quantitative estimate of drug-likeness (QED) is 0.719. The van der Waals surface area contributed by atoms with Crippen molar-refractivity contribution in [2.45, 2.75) is 12.3 Å². The molecule has 0 aliphatic rings. The summed E-state index contributed by atoms with van der Waals surface area (Å²) in [5, 5.41) is 0. The highest BCUT2D eigenvalue weighted by molar-refractivity contribution is 5.70. The van der Waals surface area contributed by atoms with Crippen LogP contribution in [0.5, 0.6) is 5.75 Å². The molecule has 0 aliphatic carbocycles. The zero-order valence-electron chi connectivity index (χ0n) is 10.6. The Balaban J connectivity index is 2.40. The van der Waals surface area contributed by atoms with Crippen LogP contribution in [0.3, 0.4) is 0 Å². The standard InChI is InChI=1S/C15H10F5O/c1-10-6-8-11(9-7-10)12-4-2-3-5-13(12)21-15(19,20)14(16,17)18/h2-9H,1H2. The molecule has 21 heavy (non-hydrogen) atoms. The molecule has 2 rings (SSSR count). The second kappa shape index (κ2) is 5.35. The molecule has 0 heterocycles. The smallest absolute Gasteiger partial charge is 0.425 e. The maximum Gasteiger partial charge on any atom is 0.499 e. The predicted molar refractivity (Wildman–Crippen MR) is 68.0 cm³/mol. The van der Waals surface area contributed by atoms with E-state index in [1.54, 1.807) is 24.3 Å². The van der Waals surface area contributed by atoms with Gasteiger partial charge in [-0.2, -0.15) is 22.0 Å². The van der Waals surface area contributed by atoms with Crippen LogP contribution in [0.4, 0.5) is 22.0 Å². The van der Waals surface area contributed by atoms with Gasteiger partial charge in [-0.15, -0.1) is 0 Å². The van der Waals surface area contributed by atoms with Crippen molar-refractivity contribution in [3.8, 4) is 16.9 Å². The Hall–Kier alpha value is -2.11. The minimum atomic E-state index is -5.78. The fourth-order valence-electron chi connectivity index (χ4n) is 1.67. The van der Waals surface area contributed by atoms with E-state index >= 15 is 0 Å². The molecule has 0 amide bonds. The number of hydrogen-bond donors (Lipinski definition) is 0. The summed E-state index contributed by atoms with van der Waals surface area (Å²) in [5.41, 5.74) is 1.29. The highest BCUT2D eigenvalue weighted by Gasteiger charge is 2.61. The summed E-state index contributed by atoms with van der Waals surface area (Å²) in [4.78, 5) is 0. The fourth-order valence-corrected chi connectivity index (χ4v) is 1.67. The van der Waals surface area contributed by atoms with Crippen molar-refractivity contribution in [3.63, 3.8) is 0 Å². The van der Waals surface area contributed by atoms with Gasteiger partial charge in [-0.1, -0.05) is 42.5 Å². The van der Waals surface area contributed by atoms with E-state index in [2.05, 4.69) is 11.7 Å². The van der Waals surface area contributed by atoms with Crippen LogP contribution in [0, 0.1) is 6.92 Å². The SMILES string of the molecule is [CH2]c1ccc(-c2ccccc2OC(F)(F)C(F)(F)F)cc1. The van der Waals surface area contributed by atoms with Gasteiger partial charge in [0, 0.05) is 5.56 Å². The monoisotopic (exact) mass is 301 g/mol. The van der Waals surface area contributed by atoms with Crippen LogP contribution in [-0.2, 0) is 0 Å². The molecule has 2 aromatic rings. The summed E-state index contributed by atoms with van der Waals surface area (Å²) < 4.78 is 66.6. The van der Waals surface area contributed by atoms with Crippen molar-refractivity contribution in [2.75, 3.05) is 0 Å². The van der Waals surface area contributed by atoms with Gasteiger partial charge in [0.1, 0.15) is 5.75 Å². The highest BCUT2D eigenvalue weighted by atomic mass is 19.4. The van der Waals surface area contributed by atoms with Crippen LogP contribution in [0.1, 0.15) is 5.56 Å². The Labute approximate surface area is 118 Å². The number of hydrogen-bond acceptors (Lipinski definition) is 1. The number of rotatable bonds is 3. The minimum absolute atomic E-state index is 0.140. The maximum atomic E-state index is 13.0. The third kappa shape index (κ3) is 3.32. The fraction of sp³-hybridized carbons (Fsp3) is 0.133. The summed E-state index contributed by atoms with van der Waals surface area (Å²) in [5.74, 6) is -0.545. The Bertz CT molecular complexity index is 617. The van der Waals surface area contributed by atoms with Gasteiger partial charge < -0.3 is 4.74 Å². The first-order chi connectivity index (χ1) is 9.71. The number of alkyl halides is 5. The topological polar surface area (TPSA) is 9.23 Å². The van der Waals surface area contributed by atoms with Crippen molar-refractivity contribution in [1.29, 1.82) is 0 Å². The van der Waals surface area contributed by atoms with Gasteiger partial charge >= 0.3 is 12.3 Å². The van der Waals surface area contributed by atoms with E-state index in [1.807, 2.05) is 0 Å². The third-order valence-electron chi connectivity index (χ3n) is 2.72. The zero-order valence-corrected chi connectivity index (χ0v) is 10.6. The van der Waals surface area contributed by atoms with Crippen LogP contribution in [0.25, 0.3) is 11.1 Å². The van der Waals surface area contributed by atoms with Crippen molar-refractivity contribution in [3.05, 3.63) is 61.0 Å². The molecular formula is C15H10F5O. The molecule has 0 spiro atoms. The van der Waals surface area contributed by atoms with E-state index in [-0.39, 0.29) is 5.56 Å². The van der Waals surface area contributed by atoms with Crippen molar-refractivity contribution in [2.24, 2.45) is 0 Å². The van der Waals surface area contributed by atoms with Gasteiger partial charge in [-0.25, -0.2) is 0 Å². The molecule has 0 saturated heterocycles. The van der Waals surface area contributed by atoms with Gasteiger partial charge in [-0.05, 0) is 24.1 Å². The van der Waals surface area contributed by atoms with Crippen LogP contribution in [0.15, 0.2) is 48.5 Å². The second-order valence-electron chi connectivity index (χ2n) is 4.31. The molecule has 2 aromatic carbocycles. The Morgan fingerprint density at radius 2 is 1.38 bits per heavy atom. The first-order valence-corrected chi connectivity index (χ1v) is 5.86. The molecule has 0 unspecified atom stereocenters. The lowest BCUT2D eigenvalue weighted by Gasteiger charge is -2.21. The number of ether oxygens (including phenoxy) is 1. The molecule has 0 fully saturated rings. The van der Waals surface area contributed by atoms with Crippen molar-refractivity contribution < 1.29 is 26.7 Å². The van der Waals surface area contributed by atoms with E-state index in [4.69, 9.17) is 0 Å². The van der Waals surface area contributed by atoms with Crippen molar-refractivity contribution in [1.82, 2.24) is 0 Å². The first kappa shape index (κ1) is 15.3. The van der Waals surface area contributed by atoms with E-state index in [0.29, 0.717) is 11.1 Å². The molecule has 0 saturated carbocycles.